The van der Waals surface area contributed by atoms with Crippen LogP contribution in [0, 0.1) is 0 Å². The number of nitrogens with one attached hydrogen (secondary N) is 2. The lowest BCUT2D eigenvalue weighted by Crippen LogP contribution is -2.46. The number of fused-ring (bicyclic) bond motifs is 1. The number of hydrogen-bond donors (Lipinski definition) is 2. The highest BCUT2D eigenvalue weighted by Crippen LogP contribution is 2.23. The highest BCUT2D eigenvalue weighted by atomic mass is 16.2. The van der Waals surface area contributed by atoms with Crippen molar-refractivity contribution in [2.24, 2.45) is 0 Å². The zero-order valence-electron chi connectivity index (χ0n) is 17.7. The fourth-order valence-electron chi connectivity index (χ4n) is 4.34. The van der Waals surface area contributed by atoms with E-state index in [-0.39, 0.29) is 18.0 Å². The summed E-state index contributed by atoms with van der Waals surface area (Å²) in [5.41, 5.74) is 2.58. The van der Waals surface area contributed by atoms with Crippen molar-refractivity contribution in [1.29, 1.82) is 0 Å². The second kappa shape index (κ2) is 9.88. The zero-order chi connectivity index (χ0) is 20.8. The molecule has 0 radical (unpaired) electrons. The number of likely N-dealkylation sites (tertiary alicyclic amines) is 1. The average Bonchev–Trinajstić information content (AvgIpc) is 2.79. The predicted octanol–water partition coefficient (Wildman–Crippen LogP) is 4.27. The van der Waals surface area contributed by atoms with Gasteiger partial charge in [0.25, 0.3) is 0 Å². The summed E-state index contributed by atoms with van der Waals surface area (Å²) < 4.78 is 0. The molecule has 1 saturated heterocycles. The summed E-state index contributed by atoms with van der Waals surface area (Å²) in [7, 11) is 0. The maximum absolute atomic E-state index is 12.5. The SMILES string of the molecule is C[C@@H](NCC(=O)NC1CCN(Cc2ccccc2)CC1)c1cccc2ccccc12. The third kappa shape index (κ3) is 5.26. The van der Waals surface area contributed by atoms with Crippen LogP contribution >= 0.6 is 0 Å². The fourth-order valence-corrected chi connectivity index (χ4v) is 4.34. The maximum Gasteiger partial charge on any atom is 0.234 e. The van der Waals surface area contributed by atoms with E-state index in [1.165, 1.54) is 21.9 Å². The van der Waals surface area contributed by atoms with Crippen LogP contribution < -0.4 is 10.6 Å². The van der Waals surface area contributed by atoms with Crippen molar-refractivity contribution in [2.45, 2.75) is 38.4 Å². The van der Waals surface area contributed by atoms with Crippen molar-refractivity contribution in [3.05, 3.63) is 83.9 Å². The molecule has 1 fully saturated rings. The van der Waals surface area contributed by atoms with Gasteiger partial charge >= 0.3 is 0 Å². The number of benzene rings is 3. The van der Waals surface area contributed by atoms with Gasteiger partial charge in [-0.2, -0.15) is 0 Å². The molecule has 1 aliphatic rings. The van der Waals surface area contributed by atoms with Crippen LogP contribution in [0.3, 0.4) is 0 Å². The molecule has 0 bridgehead atoms. The molecule has 4 nitrogen and oxygen atoms in total. The first kappa shape index (κ1) is 20.6. The summed E-state index contributed by atoms with van der Waals surface area (Å²) in [6.07, 6.45) is 2.02. The molecule has 4 rings (SSSR count). The summed E-state index contributed by atoms with van der Waals surface area (Å²) in [5, 5.41) is 9.09. The van der Waals surface area contributed by atoms with Crippen LogP contribution in [0.4, 0.5) is 0 Å². The van der Waals surface area contributed by atoms with Crippen LogP contribution in [0.2, 0.25) is 0 Å². The number of carbonyl (C=O) groups is 1. The van der Waals surface area contributed by atoms with Gasteiger partial charge in [-0.05, 0) is 41.7 Å². The lowest BCUT2D eigenvalue weighted by Gasteiger charge is -2.32. The van der Waals surface area contributed by atoms with E-state index in [4.69, 9.17) is 0 Å². The Kier molecular flexibility index (Phi) is 6.77. The van der Waals surface area contributed by atoms with Crippen LogP contribution in [0.1, 0.15) is 36.9 Å². The van der Waals surface area contributed by atoms with Crippen molar-refractivity contribution in [3.63, 3.8) is 0 Å². The second-order valence-corrected chi connectivity index (χ2v) is 8.27. The lowest BCUT2D eigenvalue weighted by atomic mass is 10.00. The Morgan fingerprint density at radius 1 is 0.967 bits per heavy atom. The normalized spacial score (nSPS) is 16.4. The molecule has 0 aromatic heterocycles. The standard InChI is InChI=1S/C26H31N3O/c1-20(24-13-7-11-22-10-5-6-12-25(22)24)27-18-26(30)28-23-14-16-29(17-15-23)19-21-8-3-2-4-9-21/h2-13,20,23,27H,14-19H2,1H3,(H,28,30)/t20-/m1/s1. The monoisotopic (exact) mass is 401 g/mol. The number of nitrogens with zero attached hydrogens (tertiary/aromatic N) is 1. The van der Waals surface area contributed by atoms with Gasteiger partial charge in [0.1, 0.15) is 0 Å². The van der Waals surface area contributed by atoms with Gasteiger partial charge < -0.3 is 10.6 Å². The van der Waals surface area contributed by atoms with Crippen molar-refractivity contribution < 1.29 is 4.79 Å². The predicted molar refractivity (Wildman–Crippen MR) is 123 cm³/mol. The minimum absolute atomic E-state index is 0.0867. The Hall–Kier alpha value is -2.69. The topological polar surface area (TPSA) is 44.4 Å². The van der Waals surface area contributed by atoms with Gasteiger partial charge in [0, 0.05) is 31.7 Å². The first-order valence-corrected chi connectivity index (χ1v) is 11.0. The summed E-state index contributed by atoms with van der Waals surface area (Å²) in [4.78, 5) is 15.0. The number of amides is 1. The molecular formula is C26H31N3O. The Bertz CT molecular complexity index is 959. The third-order valence-corrected chi connectivity index (χ3v) is 6.06. The highest BCUT2D eigenvalue weighted by molar-refractivity contribution is 5.86. The van der Waals surface area contributed by atoms with E-state index in [2.05, 4.69) is 95.3 Å². The van der Waals surface area contributed by atoms with Gasteiger partial charge in [0.2, 0.25) is 5.91 Å². The molecule has 0 aliphatic carbocycles. The molecule has 0 saturated carbocycles. The van der Waals surface area contributed by atoms with E-state index >= 15 is 0 Å². The van der Waals surface area contributed by atoms with Gasteiger partial charge in [-0.25, -0.2) is 0 Å². The Labute approximate surface area is 179 Å². The van der Waals surface area contributed by atoms with E-state index in [1.54, 1.807) is 0 Å². The van der Waals surface area contributed by atoms with Crippen LogP contribution in [0.15, 0.2) is 72.8 Å². The largest absolute Gasteiger partial charge is 0.352 e. The molecule has 0 unspecified atom stereocenters. The number of piperidine rings is 1. The minimum atomic E-state index is 0.0867. The molecule has 1 amide bonds. The summed E-state index contributed by atoms with van der Waals surface area (Å²) in [5.74, 6) is 0.0867. The van der Waals surface area contributed by atoms with Gasteiger partial charge in [-0.3, -0.25) is 9.69 Å². The lowest BCUT2D eigenvalue weighted by molar-refractivity contribution is -0.121. The van der Waals surface area contributed by atoms with Crippen LogP contribution in [0.25, 0.3) is 10.8 Å². The van der Waals surface area contributed by atoms with E-state index in [0.29, 0.717) is 6.54 Å². The number of carbonyl (C=O) groups excluding carboxylic acids is 1. The molecule has 1 aliphatic heterocycles. The zero-order valence-corrected chi connectivity index (χ0v) is 17.7. The molecule has 30 heavy (non-hydrogen) atoms. The number of rotatable bonds is 7. The second-order valence-electron chi connectivity index (χ2n) is 8.27. The number of hydrogen-bond acceptors (Lipinski definition) is 3. The highest BCUT2D eigenvalue weighted by Gasteiger charge is 2.21. The summed E-state index contributed by atoms with van der Waals surface area (Å²) >= 11 is 0. The smallest absolute Gasteiger partial charge is 0.234 e. The first-order chi connectivity index (χ1) is 14.7. The maximum atomic E-state index is 12.5. The van der Waals surface area contributed by atoms with Gasteiger partial charge in [0.15, 0.2) is 0 Å². The van der Waals surface area contributed by atoms with Crippen LogP contribution in [0.5, 0.6) is 0 Å². The fraction of sp³-hybridized carbons (Fsp3) is 0.346. The van der Waals surface area contributed by atoms with E-state index in [0.717, 1.165) is 32.5 Å². The first-order valence-electron chi connectivity index (χ1n) is 11.0. The quantitative estimate of drug-likeness (QED) is 0.621. The third-order valence-electron chi connectivity index (χ3n) is 6.06. The summed E-state index contributed by atoms with van der Waals surface area (Å²) in [6, 6.07) is 25.7. The van der Waals surface area contributed by atoms with Gasteiger partial charge in [-0.1, -0.05) is 72.8 Å². The van der Waals surface area contributed by atoms with E-state index < -0.39 is 0 Å². The van der Waals surface area contributed by atoms with Crippen molar-refractivity contribution in [1.82, 2.24) is 15.5 Å². The van der Waals surface area contributed by atoms with E-state index in [9.17, 15) is 4.79 Å². The Balaban J connectivity index is 1.22. The molecule has 2 N–H and O–H groups in total. The summed E-state index contributed by atoms with van der Waals surface area (Å²) in [6.45, 7) is 5.51. The van der Waals surface area contributed by atoms with Crippen molar-refractivity contribution in [2.75, 3.05) is 19.6 Å². The van der Waals surface area contributed by atoms with Gasteiger partial charge in [-0.15, -0.1) is 0 Å². The van der Waals surface area contributed by atoms with E-state index in [1.807, 2.05) is 0 Å². The molecule has 1 heterocycles. The minimum Gasteiger partial charge on any atom is -0.352 e. The average molecular weight is 402 g/mol. The van der Waals surface area contributed by atoms with Gasteiger partial charge in [0.05, 0.1) is 6.54 Å². The molecule has 156 valence electrons. The van der Waals surface area contributed by atoms with Crippen LogP contribution in [-0.4, -0.2) is 36.5 Å². The molecule has 0 spiro atoms. The molecule has 4 heteroatoms. The van der Waals surface area contributed by atoms with Crippen molar-refractivity contribution >= 4 is 16.7 Å². The van der Waals surface area contributed by atoms with Crippen LogP contribution in [-0.2, 0) is 11.3 Å². The Morgan fingerprint density at radius 2 is 1.67 bits per heavy atom. The van der Waals surface area contributed by atoms with Crippen molar-refractivity contribution in [3.8, 4) is 0 Å². The molecule has 3 aromatic carbocycles. The Morgan fingerprint density at radius 3 is 2.47 bits per heavy atom. The molecule has 3 aromatic rings. The molecular weight excluding hydrogens is 370 g/mol. The molecule has 1 atom stereocenters.